The molecule has 4 rings (SSSR count). The van der Waals surface area contributed by atoms with Crippen molar-refractivity contribution >= 4 is 39.3 Å². The van der Waals surface area contributed by atoms with Gasteiger partial charge in [0.15, 0.2) is 5.58 Å². The van der Waals surface area contributed by atoms with Crippen molar-refractivity contribution in [1.29, 1.82) is 0 Å². The van der Waals surface area contributed by atoms with E-state index in [4.69, 9.17) is 4.42 Å². The summed E-state index contributed by atoms with van der Waals surface area (Å²) in [4.78, 5) is 23.3. The highest BCUT2D eigenvalue weighted by Crippen LogP contribution is 2.33. The number of amides is 1. The molecule has 148 valence electrons. The molecule has 29 heavy (non-hydrogen) atoms. The van der Waals surface area contributed by atoms with E-state index in [1.165, 1.54) is 0 Å². The molecule has 0 atom stereocenters. The van der Waals surface area contributed by atoms with Crippen molar-refractivity contribution in [3.05, 3.63) is 54.6 Å². The van der Waals surface area contributed by atoms with Crippen LogP contribution in [0.15, 0.2) is 53.2 Å². The SMILES string of the molecule is CN(C)CCNC(=O)c1oc2cnccc2c1Nc1ccc2c(O)cccc2n1. The van der Waals surface area contributed by atoms with Gasteiger partial charge in [0.2, 0.25) is 5.76 Å². The summed E-state index contributed by atoms with van der Waals surface area (Å²) in [7, 11) is 3.88. The number of benzene rings is 1. The number of rotatable bonds is 6. The summed E-state index contributed by atoms with van der Waals surface area (Å²) in [5.41, 5.74) is 1.67. The Balaban J connectivity index is 1.69. The molecule has 0 radical (unpaired) electrons. The van der Waals surface area contributed by atoms with Gasteiger partial charge in [-0.25, -0.2) is 4.98 Å². The van der Waals surface area contributed by atoms with Crippen LogP contribution in [-0.4, -0.2) is 53.1 Å². The van der Waals surface area contributed by atoms with Crippen LogP contribution in [0.1, 0.15) is 10.6 Å². The van der Waals surface area contributed by atoms with Gasteiger partial charge in [-0.1, -0.05) is 6.07 Å². The number of carbonyl (C=O) groups excluding carboxylic acids is 1. The minimum atomic E-state index is -0.316. The average Bonchev–Trinajstić information content (AvgIpc) is 3.06. The van der Waals surface area contributed by atoms with Crippen LogP contribution in [0, 0.1) is 0 Å². The molecule has 0 fully saturated rings. The lowest BCUT2D eigenvalue weighted by molar-refractivity contribution is 0.0926. The molecule has 0 aliphatic heterocycles. The number of hydrogen-bond acceptors (Lipinski definition) is 7. The van der Waals surface area contributed by atoms with Gasteiger partial charge in [-0.05, 0) is 44.4 Å². The Labute approximate surface area is 167 Å². The number of phenolic OH excluding ortho intramolecular Hbond substituents is 1. The Morgan fingerprint density at radius 1 is 1.17 bits per heavy atom. The first kappa shape index (κ1) is 18.7. The maximum atomic E-state index is 12.7. The molecule has 0 bridgehead atoms. The first-order chi connectivity index (χ1) is 14.0. The molecule has 0 unspecified atom stereocenters. The van der Waals surface area contributed by atoms with E-state index in [0.717, 1.165) is 5.39 Å². The molecular formula is C21H21N5O3. The van der Waals surface area contributed by atoms with Gasteiger partial charge < -0.3 is 25.1 Å². The highest BCUT2D eigenvalue weighted by atomic mass is 16.3. The number of aromatic nitrogens is 2. The number of hydrogen-bond donors (Lipinski definition) is 3. The van der Waals surface area contributed by atoms with Crippen LogP contribution in [0.2, 0.25) is 0 Å². The van der Waals surface area contributed by atoms with Gasteiger partial charge in [-0.3, -0.25) is 9.78 Å². The van der Waals surface area contributed by atoms with Gasteiger partial charge in [0.25, 0.3) is 5.91 Å². The number of anilines is 2. The highest BCUT2D eigenvalue weighted by molar-refractivity contribution is 6.07. The summed E-state index contributed by atoms with van der Waals surface area (Å²) >= 11 is 0. The van der Waals surface area contributed by atoms with Crippen molar-refractivity contribution in [3.8, 4) is 5.75 Å². The molecule has 3 heterocycles. The normalized spacial score (nSPS) is 11.3. The number of likely N-dealkylation sites (N-methyl/N-ethyl adjacent to an activating group) is 1. The zero-order valence-electron chi connectivity index (χ0n) is 16.1. The number of aromatic hydroxyl groups is 1. The second kappa shape index (κ2) is 7.76. The van der Waals surface area contributed by atoms with Crippen LogP contribution >= 0.6 is 0 Å². The first-order valence-corrected chi connectivity index (χ1v) is 9.18. The fourth-order valence-electron chi connectivity index (χ4n) is 3.04. The summed E-state index contributed by atoms with van der Waals surface area (Å²) in [6.45, 7) is 1.21. The van der Waals surface area contributed by atoms with Crippen LogP contribution in [0.25, 0.3) is 21.9 Å². The molecular weight excluding hydrogens is 370 g/mol. The third kappa shape index (κ3) is 3.83. The molecule has 1 aromatic carbocycles. The van der Waals surface area contributed by atoms with Crippen LogP contribution in [0.5, 0.6) is 5.75 Å². The number of nitrogens with zero attached hydrogens (tertiary/aromatic N) is 3. The molecule has 8 heteroatoms. The van der Waals surface area contributed by atoms with Gasteiger partial charge in [0, 0.05) is 30.1 Å². The van der Waals surface area contributed by atoms with E-state index < -0.39 is 0 Å². The number of phenols is 1. The summed E-state index contributed by atoms with van der Waals surface area (Å²) in [5.74, 6) is 0.556. The summed E-state index contributed by atoms with van der Waals surface area (Å²) < 4.78 is 5.78. The summed E-state index contributed by atoms with van der Waals surface area (Å²) in [5, 5.41) is 17.4. The zero-order chi connectivity index (χ0) is 20.4. The Morgan fingerprint density at radius 3 is 2.86 bits per heavy atom. The van der Waals surface area contributed by atoms with E-state index in [-0.39, 0.29) is 17.4 Å². The van der Waals surface area contributed by atoms with Crippen molar-refractivity contribution in [3.63, 3.8) is 0 Å². The maximum Gasteiger partial charge on any atom is 0.289 e. The van der Waals surface area contributed by atoms with Gasteiger partial charge in [-0.15, -0.1) is 0 Å². The molecule has 3 aromatic heterocycles. The average molecular weight is 391 g/mol. The van der Waals surface area contributed by atoms with Gasteiger partial charge in [-0.2, -0.15) is 0 Å². The first-order valence-electron chi connectivity index (χ1n) is 9.18. The number of pyridine rings is 2. The molecule has 3 N–H and O–H groups in total. The second-order valence-electron chi connectivity index (χ2n) is 6.90. The Bertz CT molecular complexity index is 1190. The molecule has 0 spiro atoms. The molecule has 1 amide bonds. The van der Waals surface area contributed by atoms with Gasteiger partial charge in [0.05, 0.1) is 11.7 Å². The van der Waals surface area contributed by atoms with Crippen LogP contribution in [-0.2, 0) is 0 Å². The van der Waals surface area contributed by atoms with Crippen molar-refractivity contribution in [2.45, 2.75) is 0 Å². The van der Waals surface area contributed by atoms with Crippen molar-refractivity contribution in [2.24, 2.45) is 0 Å². The number of carbonyl (C=O) groups is 1. The highest BCUT2D eigenvalue weighted by Gasteiger charge is 2.21. The lowest BCUT2D eigenvalue weighted by Gasteiger charge is -2.11. The van der Waals surface area contributed by atoms with Gasteiger partial charge >= 0.3 is 0 Å². The lowest BCUT2D eigenvalue weighted by Crippen LogP contribution is -2.31. The predicted octanol–water partition coefficient (Wildman–Crippen LogP) is 3.12. The molecule has 0 saturated heterocycles. The standard InChI is InChI=1S/C21H21N5O3/c1-26(2)11-10-23-21(28)20-19(14-8-9-22-12-17(14)29-20)25-18-7-6-13-15(24-18)4-3-5-16(13)27/h3-9,12,27H,10-11H2,1-2H3,(H,23,28)(H,24,25). The maximum absolute atomic E-state index is 12.7. The number of furan rings is 1. The molecule has 8 nitrogen and oxygen atoms in total. The minimum Gasteiger partial charge on any atom is -0.507 e. The van der Waals surface area contributed by atoms with Gasteiger partial charge in [0.1, 0.15) is 17.3 Å². The lowest BCUT2D eigenvalue weighted by atomic mass is 10.2. The monoisotopic (exact) mass is 391 g/mol. The zero-order valence-corrected chi connectivity index (χ0v) is 16.1. The van der Waals surface area contributed by atoms with E-state index in [0.29, 0.717) is 41.1 Å². The van der Waals surface area contributed by atoms with E-state index >= 15 is 0 Å². The topological polar surface area (TPSA) is 104 Å². The minimum absolute atomic E-state index is 0.169. The number of nitrogens with one attached hydrogen (secondary N) is 2. The van der Waals surface area contributed by atoms with Crippen LogP contribution in [0.3, 0.4) is 0 Å². The van der Waals surface area contributed by atoms with Crippen LogP contribution in [0.4, 0.5) is 11.5 Å². The Hall–Kier alpha value is -3.65. The number of fused-ring (bicyclic) bond motifs is 2. The Morgan fingerprint density at radius 2 is 2.03 bits per heavy atom. The third-order valence-electron chi connectivity index (χ3n) is 4.51. The van der Waals surface area contributed by atoms with Crippen molar-refractivity contribution in [2.75, 3.05) is 32.5 Å². The largest absolute Gasteiger partial charge is 0.507 e. The Kier molecular flexibility index (Phi) is 5.01. The smallest absolute Gasteiger partial charge is 0.289 e. The van der Waals surface area contributed by atoms with Crippen LogP contribution < -0.4 is 10.6 Å². The second-order valence-corrected chi connectivity index (χ2v) is 6.90. The summed E-state index contributed by atoms with van der Waals surface area (Å²) in [6, 6.07) is 10.5. The van der Waals surface area contributed by atoms with Crippen molar-refractivity contribution < 1.29 is 14.3 Å². The molecule has 0 aliphatic carbocycles. The third-order valence-corrected chi connectivity index (χ3v) is 4.51. The fraction of sp³-hybridized carbons (Fsp3) is 0.190. The molecule has 0 aliphatic rings. The summed E-state index contributed by atoms with van der Waals surface area (Å²) in [6.07, 6.45) is 3.21. The van der Waals surface area contributed by atoms with E-state index in [1.807, 2.05) is 25.1 Å². The van der Waals surface area contributed by atoms with E-state index in [9.17, 15) is 9.90 Å². The molecule has 0 saturated carbocycles. The van der Waals surface area contributed by atoms with E-state index in [1.54, 1.807) is 42.7 Å². The van der Waals surface area contributed by atoms with Crippen molar-refractivity contribution in [1.82, 2.24) is 20.2 Å². The predicted molar refractivity (Wildman–Crippen MR) is 112 cm³/mol. The quantitative estimate of drug-likeness (QED) is 0.464. The molecule has 4 aromatic rings. The van der Waals surface area contributed by atoms with E-state index in [2.05, 4.69) is 20.6 Å². The fourth-order valence-corrected chi connectivity index (χ4v) is 3.04.